The van der Waals surface area contributed by atoms with Gasteiger partial charge >= 0.3 is 12.1 Å². The third-order valence-corrected chi connectivity index (χ3v) is 3.44. The lowest BCUT2D eigenvalue weighted by molar-refractivity contribution is -0.159. The van der Waals surface area contributed by atoms with Gasteiger partial charge in [-0.3, -0.25) is 4.98 Å². The minimum atomic E-state index is -4.70. The molecule has 0 fully saturated rings. The number of nitrogens with zero attached hydrogens (tertiary/aromatic N) is 3. The topological polar surface area (TPSA) is 84.1 Å². The molecule has 1 aromatic carbocycles. The molecular formula is C16H12F4N4O2. The van der Waals surface area contributed by atoms with Gasteiger partial charge in [-0.05, 0) is 30.3 Å². The zero-order valence-corrected chi connectivity index (χ0v) is 13.1. The van der Waals surface area contributed by atoms with Crippen LogP contribution in [0.1, 0.15) is 17.1 Å². The third kappa shape index (κ3) is 3.97. The molecule has 0 spiro atoms. The molecule has 2 N–H and O–H groups in total. The quantitative estimate of drug-likeness (QED) is 0.672. The molecule has 26 heavy (non-hydrogen) atoms. The summed E-state index contributed by atoms with van der Waals surface area (Å²) in [6.07, 6.45) is -3.38. The van der Waals surface area contributed by atoms with Crippen LogP contribution in [0.5, 0.6) is 0 Å². The maximum atomic E-state index is 13.3. The van der Waals surface area contributed by atoms with Crippen molar-refractivity contribution < 1.29 is 27.2 Å². The molecule has 0 radical (unpaired) electrons. The molecule has 10 heteroatoms. The first-order valence-electron chi connectivity index (χ1n) is 7.36. The number of aliphatic hydroxyl groups is 1. The number of nitrogens with one attached hydrogen (secondary N) is 1. The molecule has 0 aliphatic rings. The van der Waals surface area contributed by atoms with Crippen LogP contribution < -0.4 is 5.32 Å². The summed E-state index contributed by atoms with van der Waals surface area (Å²) in [7, 11) is 0. The second-order valence-corrected chi connectivity index (χ2v) is 5.28. The van der Waals surface area contributed by atoms with Crippen molar-refractivity contribution in [2.75, 3.05) is 5.32 Å². The van der Waals surface area contributed by atoms with Gasteiger partial charge in [-0.25, -0.2) is 4.39 Å². The highest BCUT2D eigenvalue weighted by atomic mass is 19.4. The highest BCUT2D eigenvalue weighted by Gasteiger charge is 2.38. The summed E-state index contributed by atoms with van der Waals surface area (Å²) < 4.78 is 54.9. The number of hydrogen-bond acceptors (Lipinski definition) is 6. The summed E-state index contributed by atoms with van der Waals surface area (Å²) in [5.74, 6) is -2.14. The number of halogens is 4. The minimum absolute atomic E-state index is 0.163. The van der Waals surface area contributed by atoms with Crippen LogP contribution >= 0.6 is 0 Å². The van der Waals surface area contributed by atoms with Gasteiger partial charge in [0.15, 0.2) is 0 Å². The van der Waals surface area contributed by atoms with Crippen LogP contribution in [-0.2, 0) is 19.3 Å². The first-order valence-corrected chi connectivity index (χ1v) is 7.36. The average Bonchev–Trinajstić information content (AvgIpc) is 3.12. The zero-order valence-electron chi connectivity index (χ0n) is 13.1. The molecule has 6 nitrogen and oxygen atoms in total. The van der Waals surface area contributed by atoms with E-state index in [0.29, 0.717) is 11.4 Å². The monoisotopic (exact) mass is 368 g/mol. The summed E-state index contributed by atoms with van der Waals surface area (Å²) in [6, 6.07) is 7.32. The van der Waals surface area contributed by atoms with Crippen LogP contribution in [0.4, 0.5) is 23.2 Å². The van der Waals surface area contributed by atoms with Gasteiger partial charge in [0.2, 0.25) is 5.82 Å². The molecule has 2 aromatic heterocycles. The molecule has 2 heterocycles. The Kier molecular flexibility index (Phi) is 4.85. The van der Waals surface area contributed by atoms with Gasteiger partial charge in [-0.15, -0.1) is 0 Å². The Balaban J connectivity index is 1.67. The van der Waals surface area contributed by atoms with Gasteiger partial charge in [0, 0.05) is 23.0 Å². The second kappa shape index (κ2) is 7.08. The lowest BCUT2D eigenvalue weighted by Crippen LogP contribution is -2.05. The van der Waals surface area contributed by atoms with Crippen LogP contribution in [0.3, 0.4) is 0 Å². The van der Waals surface area contributed by atoms with Crippen molar-refractivity contribution >= 4 is 5.69 Å². The summed E-state index contributed by atoms with van der Waals surface area (Å²) in [5, 5.41) is 15.3. The zero-order chi connectivity index (χ0) is 18.7. The molecule has 0 bridgehead atoms. The van der Waals surface area contributed by atoms with Crippen LogP contribution in [0, 0.1) is 5.82 Å². The summed E-state index contributed by atoms with van der Waals surface area (Å²) in [5.41, 5.74) is 1.62. The number of rotatable bonds is 5. The predicted octanol–water partition coefficient (Wildman–Crippen LogP) is 3.39. The van der Waals surface area contributed by atoms with Crippen LogP contribution in [0.15, 0.2) is 41.1 Å². The van der Waals surface area contributed by atoms with Gasteiger partial charge in [0.05, 0.1) is 18.8 Å². The molecule has 0 atom stereocenters. The van der Waals surface area contributed by atoms with E-state index in [2.05, 4.69) is 25.0 Å². The molecule has 0 saturated carbocycles. The van der Waals surface area contributed by atoms with Gasteiger partial charge in [-0.2, -0.15) is 18.2 Å². The van der Waals surface area contributed by atoms with Crippen molar-refractivity contribution in [3.05, 3.63) is 59.5 Å². The fourth-order valence-electron chi connectivity index (χ4n) is 2.12. The molecule has 0 amide bonds. The van der Waals surface area contributed by atoms with Gasteiger partial charge in [0.25, 0.3) is 0 Å². The van der Waals surface area contributed by atoms with Crippen molar-refractivity contribution in [2.45, 2.75) is 19.3 Å². The largest absolute Gasteiger partial charge is 0.471 e. The highest BCUT2D eigenvalue weighted by molar-refractivity contribution is 5.53. The van der Waals surface area contributed by atoms with E-state index in [9.17, 15) is 17.6 Å². The summed E-state index contributed by atoms with van der Waals surface area (Å²) in [6.45, 7) is -0.129. The molecule has 0 unspecified atom stereocenters. The van der Waals surface area contributed by atoms with Crippen LogP contribution in [-0.4, -0.2) is 20.2 Å². The van der Waals surface area contributed by atoms with Crippen molar-refractivity contribution in [2.24, 2.45) is 0 Å². The maximum absolute atomic E-state index is 13.3. The number of hydrogen-bond donors (Lipinski definition) is 2. The maximum Gasteiger partial charge on any atom is 0.471 e. The first-order chi connectivity index (χ1) is 12.4. The van der Waals surface area contributed by atoms with E-state index >= 15 is 0 Å². The number of aromatic nitrogens is 3. The van der Waals surface area contributed by atoms with Crippen LogP contribution in [0.2, 0.25) is 0 Å². The predicted molar refractivity (Wildman–Crippen MR) is 82.2 cm³/mol. The highest BCUT2D eigenvalue weighted by Crippen LogP contribution is 2.29. The fourth-order valence-corrected chi connectivity index (χ4v) is 2.12. The number of pyridine rings is 1. The Labute approximate surface area is 144 Å². The van der Waals surface area contributed by atoms with Crippen LogP contribution in [0.25, 0.3) is 11.4 Å². The molecular weight excluding hydrogens is 356 g/mol. The van der Waals surface area contributed by atoms with Crippen molar-refractivity contribution in [1.82, 2.24) is 15.1 Å². The SMILES string of the molecule is OCc1cc(NCc2ccc(-c3noc(C(F)(F)F)n3)cn2)ccc1F. The van der Waals surface area contributed by atoms with E-state index in [0.717, 1.165) is 0 Å². The Morgan fingerprint density at radius 1 is 1.15 bits per heavy atom. The first kappa shape index (κ1) is 17.8. The van der Waals surface area contributed by atoms with E-state index in [1.165, 1.54) is 30.5 Å². The van der Waals surface area contributed by atoms with Gasteiger partial charge in [-0.1, -0.05) is 5.16 Å². The number of alkyl halides is 3. The standard InChI is InChI=1S/C16H12F4N4O2/c17-13-4-3-11(5-10(13)8-25)22-7-12-2-1-9(6-21-12)14-23-15(26-24-14)16(18,19)20/h1-6,22,25H,7-8H2. The molecule has 0 aliphatic carbocycles. The van der Waals surface area contributed by atoms with E-state index in [4.69, 9.17) is 5.11 Å². The van der Waals surface area contributed by atoms with E-state index < -0.39 is 24.5 Å². The molecule has 136 valence electrons. The third-order valence-electron chi connectivity index (χ3n) is 3.44. The van der Waals surface area contributed by atoms with Crippen molar-refractivity contribution in [3.63, 3.8) is 0 Å². The molecule has 0 aliphatic heterocycles. The smallest absolute Gasteiger partial charge is 0.392 e. The number of anilines is 1. The van der Waals surface area contributed by atoms with E-state index in [-0.39, 0.29) is 23.5 Å². The second-order valence-electron chi connectivity index (χ2n) is 5.28. The lowest BCUT2D eigenvalue weighted by Gasteiger charge is -2.08. The summed E-state index contributed by atoms with van der Waals surface area (Å²) >= 11 is 0. The van der Waals surface area contributed by atoms with Gasteiger partial charge < -0.3 is 14.9 Å². The lowest BCUT2D eigenvalue weighted by atomic mass is 10.2. The van der Waals surface area contributed by atoms with Gasteiger partial charge in [0.1, 0.15) is 5.82 Å². The van der Waals surface area contributed by atoms with Crippen molar-refractivity contribution in [1.29, 1.82) is 0 Å². The van der Waals surface area contributed by atoms with E-state index in [1.807, 2.05) is 0 Å². The number of aliphatic hydroxyl groups excluding tert-OH is 1. The Morgan fingerprint density at radius 3 is 2.58 bits per heavy atom. The Morgan fingerprint density at radius 2 is 1.96 bits per heavy atom. The Bertz CT molecular complexity index is 894. The summed E-state index contributed by atoms with van der Waals surface area (Å²) in [4.78, 5) is 7.40. The normalized spacial score (nSPS) is 11.6. The minimum Gasteiger partial charge on any atom is -0.392 e. The molecule has 3 rings (SSSR count). The Hall–Kier alpha value is -3.01. The van der Waals surface area contributed by atoms with E-state index in [1.54, 1.807) is 6.07 Å². The number of benzene rings is 1. The molecule has 3 aromatic rings. The average molecular weight is 368 g/mol. The molecule has 0 saturated heterocycles. The van der Waals surface area contributed by atoms with Crippen molar-refractivity contribution in [3.8, 4) is 11.4 Å². The fraction of sp³-hybridized carbons (Fsp3) is 0.188.